The summed E-state index contributed by atoms with van der Waals surface area (Å²) in [7, 11) is 1.47. The van der Waals surface area contributed by atoms with E-state index in [1.165, 1.54) is 18.9 Å². The van der Waals surface area contributed by atoms with Crippen LogP contribution in [-0.4, -0.2) is 46.4 Å². The number of aromatic nitrogens is 2. The quantitative estimate of drug-likeness (QED) is 0.230. The predicted octanol–water partition coefficient (Wildman–Crippen LogP) is 5.36. The molecular formula is C27H28Cl2N4O4. The van der Waals surface area contributed by atoms with Gasteiger partial charge in [-0.25, -0.2) is 10.5 Å². The normalized spacial score (nSPS) is 13.4. The Morgan fingerprint density at radius 1 is 1.08 bits per heavy atom. The molecule has 3 N–H and O–H groups in total. The fourth-order valence-electron chi connectivity index (χ4n) is 4.84. The van der Waals surface area contributed by atoms with Gasteiger partial charge in [0.1, 0.15) is 11.4 Å². The number of pyridine rings is 2. The minimum absolute atomic E-state index is 0. The third-order valence-electron chi connectivity index (χ3n) is 6.62. The molecule has 10 heteroatoms. The Morgan fingerprint density at radius 3 is 2.46 bits per heavy atom. The van der Waals surface area contributed by atoms with Crippen LogP contribution >= 0.6 is 24.8 Å². The van der Waals surface area contributed by atoms with Crippen molar-refractivity contribution in [2.75, 3.05) is 25.1 Å². The van der Waals surface area contributed by atoms with Crippen molar-refractivity contribution in [3.63, 3.8) is 0 Å². The van der Waals surface area contributed by atoms with Crippen molar-refractivity contribution >= 4 is 47.3 Å². The van der Waals surface area contributed by atoms with Crippen molar-refractivity contribution in [1.29, 1.82) is 0 Å². The minimum atomic E-state index is -0.685. The van der Waals surface area contributed by atoms with E-state index in [1.807, 2.05) is 36.4 Å². The van der Waals surface area contributed by atoms with Crippen molar-refractivity contribution < 1.29 is 19.8 Å². The van der Waals surface area contributed by atoms with Crippen LogP contribution in [0, 0.1) is 0 Å². The maximum absolute atomic E-state index is 12.5. The molecule has 0 aliphatic carbocycles. The molecule has 2 aromatic carbocycles. The van der Waals surface area contributed by atoms with E-state index >= 15 is 0 Å². The second-order valence-electron chi connectivity index (χ2n) is 8.61. The molecule has 2 aromatic heterocycles. The van der Waals surface area contributed by atoms with Gasteiger partial charge in [-0.1, -0.05) is 24.3 Å². The van der Waals surface area contributed by atoms with Crippen LogP contribution in [-0.2, 0) is 0 Å². The number of phenols is 1. The molecule has 1 aliphatic rings. The molecule has 4 aromatic rings. The number of hydroxylamine groups is 1. The summed E-state index contributed by atoms with van der Waals surface area (Å²) in [5, 5.41) is 19.6. The number of methoxy groups -OCH3 is 1. The molecule has 8 nitrogen and oxygen atoms in total. The van der Waals surface area contributed by atoms with Crippen LogP contribution < -0.4 is 15.1 Å². The van der Waals surface area contributed by atoms with E-state index in [0.29, 0.717) is 28.3 Å². The topological polar surface area (TPSA) is 108 Å². The fourth-order valence-corrected chi connectivity index (χ4v) is 4.84. The van der Waals surface area contributed by atoms with E-state index in [4.69, 9.17) is 9.72 Å². The zero-order valence-corrected chi connectivity index (χ0v) is 21.8. The minimum Gasteiger partial charge on any atom is -0.508 e. The van der Waals surface area contributed by atoms with Gasteiger partial charge in [0.05, 0.1) is 18.2 Å². The van der Waals surface area contributed by atoms with Crippen LogP contribution in [0.1, 0.15) is 34.7 Å². The Hall–Kier alpha value is -3.59. The lowest BCUT2D eigenvalue weighted by Gasteiger charge is -2.34. The van der Waals surface area contributed by atoms with Crippen LogP contribution in [0.2, 0.25) is 0 Å². The molecular weight excluding hydrogens is 515 g/mol. The van der Waals surface area contributed by atoms with Crippen LogP contribution in [0.3, 0.4) is 0 Å². The molecule has 0 bridgehead atoms. The molecule has 5 rings (SSSR count). The SMILES string of the molecule is COc1c(-c2ccc(N3CCC(c4cccc(O)c4)CC3)cc2)nc2ccncc2c1C(=O)NO.Cl.Cl. The standard InChI is InChI=1S/C27H26N4O4.2ClH/c1-35-26-24(27(33)30-34)22-16-28-12-9-23(22)29-25(26)18-5-7-20(8-6-18)31-13-10-17(11-14-31)19-3-2-4-21(32)15-19;;/h2-9,12,15-17,32,34H,10-11,13-14H2,1H3,(H,30,33);2*1H. The maximum Gasteiger partial charge on any atom is 0.279 e. The number of nitrogens with zero attached hydrogens (tertiary/aromatic N) is 3. The van der Waals surface area contributed by atoms with Crippen molar-refractivity contribution in [2.24, 2.45) is 0 Å². The van der Waals surface area contributed by atoms with E-state index < -0.39 is 5.91 Å². The number of carbonyl (C=O) groups is 1. The summed E-state index contributed by atoms with van der Waals surface area (Å²) in [4.78, 5) is 23.6. The number of piperidine rings is 1. The second kappa shape index (κ2) is 12.1. The van der Waals surface area contributed by atoms with Crippen LogP contribution in [0.25, 0.3) is 22.2 Å². The first-order valence-electron chi connectivity index (χ1n) is 11.5. The number of halogens is 2. The van der Waals surface area contributed by atoms with Crippen molar-refractivity contribution in [1.82, 2.24) is 15.4 Å². The summed E-state index contributed by atoms with van der Waals surface area (Å²) in [6, 6.07) is 17.3. The molecule has 194 valence electrons. The van der Waals surface area contributed by atoms with Gasteiger partial charge in [-0.3, -0.25) is 15.0 Å². The van der Waals surface area contributed by atoms with E-state index in [2.05, 4.69) is 16.0 Å². The number of phenolic OH excluding ortho intramolecular Hbond substituents is 1. The maximum atomic E-state index is 12.5. The number of benzene rings is 2. The molecule has 0 atom stereocenters. The molecule has 3 heterocycles. The van der Waals surface area contributed by atoms with Gasteiger partial charge in [0.25, 0.3) is 5.91 Å². The highest BCUT2D eigenvalue weighted by Gasteiger charge is 2.24. The Morgan fingerprint density at radius 2 is 1.81 bits per heavy atom. The fraction of sp³-hybridized carbons (Fsp3) is 0.222. The number of fused-ring (bicyclic) bond motifs is 1. The lowest BCUT2D eigenvalue weighted by atomic mass is 9.89. The van der Waals surface area contributed by atoms with Crippen LogP contribution in [0.5, 0.6) is 11.5 Å². The van der Waals surface area contributed by atoms with Crippen molar-refractivity contribution in [3.05, 3.63) is 78.1 Å². The summed E-state index contributed by atoms with van der Waals surface area (Å²) in [5.41, 5.74) is 6.07. The van der Waals surface area contributed by atoms with Gasteiger partial charge in [0, 0.05) is 42.1 Å². The van der Waals surface area contributed by atoms with Crippen molar-refractivity contribution in [3.8, 4) is 22.8 Å². The van der Waals surface area contributed by atoms with E-state index in [0.717, 1.165) is 37.2 Å². The first-order valence-corrected chi connectivity index (χ1v) is 11.5. The Balaban J connectivity index is 0.00000190. The van der Waals surface area contributed by atoms with Gasteiger partial charge in [-0.2, -0.15) is 0 Å². The summed E-state index contributed by atoms with van der Waals surface area (Å²) in [5.74, 6) is 0.342. The molecule has 1 aliphatic heterocycles. The Bertz CT molecular complexity index is 1380. The average molecular weight is 543 g/mol. The first kappa shape index (κ1) is 28.0. The van der Waals surface area contributed by atoms with Crippen LogP contribution in [0.15, 0.2) is 67.0 Å². The highest BCUT2D eigenvalue weighted by Crippen LogP contribution is 2.37. The molecule has 1 saturated heterocycles. The largest absolute Gasteiger partial charge is 0.508 e. The van der Waals surface area contributed by atoms with Gasteiger partial charge in [-0.15, -0.1) is 24.8 Å². The van der Waals surface area contributed by atoms with E-state index in [-0.39, 0.29) is 36.1 Å². The highest BCUT2D eigenvalue weighted by molar-refractivity contribution is 6.09. The Kier molecular flexibility index (Phi) is 9.15. The zero-order chi connectivity index (χ0) is 24.4. The molecule has 1 fully saturated rings. The van der Waals surface area contributed by atoms with Gasteiger partial charge >= 0.3 is 0 Å². The van der Waals surface area contributed by atoms with Crippen molar-refractivity contribution in [2.45, 2.75) is 18.8 Å². The summed E-state index contributed by atoms with van der Waals surface area (Å²) < 4.78 is 5.58. The van der Waals surface area contributed by atoms with Gasteiger partial charge in [0.15, 0.2) is 5.75 Å². The highest BCUT2D eigenvalue weighted by atomic mass is 35.5. The van der Waals surface area contributed by atoms with Crippen LogP contribution in [0.4, 0.5) is 5.69 Å². The molecule has 37 heavy (non-hydrogen) atoms. The number of amides is 1. The summed E-state index contributed by atoms with van der Waals surface area (Å²) in [6.07, 6.45) is 5.16. The monoisotopic (exact) mass is 542 g/mol. The van der Waals surface area contributed by atoms with Gasteiger partial charge in [0.2, 0.25) is 0 Å². The molecule has 0 spiro atoms. The molecule has 0 radical (unpaired) electrons. The number of hydrogen-bond acceptors (Lipinski definition) is 7. The van der Waals surface area contributed by atoms with Gasteiger partial charge in [-0.05, 0) is 54.7 Å². The Labute approximate surface area is 227 Å². The number of nitrogens with one attached hydrogen (secondary N) is 1. The lowest BCUT2D eigenvalue weighted by molar-refractivity contribution is 0.0705. The second-order valence-corrected chi connectivity index (χ2v) is 8.61. The number of aromatic hydroxyl groups is 1. The number of ether oxygens (including phenoxy) is 1. The first-order chi connectivity index (χ1) is 17.1. The smallest absolute Gasteiger partial charge is 0.279 e. The number of hydrogen-bond donors (Lipinski definition) is 3. The third kappa shape index (κ3) is 5.56. The number of carbonyl (C=O) groups excluding carboxylic acids is 1. The average Bonchev–Trinajstić information content (AvgIpc) is 2.91. The molecule has 1 amide bonds. The zero-order valence-electron chi connectivity index (χ0n) is 20.1. The third-order valence-corrected chi connectivity index (χ3v) is 6.62. The van der Waals surface area contributed by atoms with E-state index in [9.17, 15) is 15.1 Å². The van der Waals surface area contributed by atoms with E-state index in [1.54, 1.807) is 23.8 Å². The predicted molar refractivity (Wildman–Crippen MR) is 148 cm³/mol. The molecule has 0 unspecified atom stereocenters. The number of anilines is 1. The summed E-state index contributed by atoms with van der Waals surface area (Å²) >= 11 is 0. The molecule has 0 saturated carbocycles. The van der Waals surface area contributed by atoms with Gasteiger partial charge < -0.3 is 14.7 Å². The summed E-state index contributed by atoms with van der Waals surface area (Å²) in [6.45, 7) is 1.84. The lowest BCUT2D eigenvalue weighted by Crippen LogP contribution is -2.32. The number of rotatable bonds is 5.